The molecule has 0 saturated heterocycles. The number of nitrogens with zero attached hydrogens (tertiary/aromatic N) is 2. The molecule has 52 heavy (non-hydrogen) atoms. The normalized spacial score (nSPS) is 11.1. The molecule has 0 N–H and O–H groups in total. The van der Waals surface area contributed by atoms with Gasteiger partial charge in [-0.2, -0.15) is 0 Å². The molecule has 8 rings (SSSR count). The van der Waals surface area contributed by atoms with Crippen LogP contribution < -0.4 is 0 Å². The highest BCUT2D eigenvalue weighted by molar-refractivity contribution is 5.85. The third kappa shape index (κ3) is 7.10. The number of benzene rings is 7. The maximum absolute atomic E-state index is 5.28. The average Bonchev–Trinajstić information content (AvgIpc) is 3.18. The molecule has 0 saturated carbocycles. The van der Waals surface area contributed by atoms with E-state index in [1.807, 2.05) is 18.2 Å². The molecular formula is C50H40N2. The Hall–Kier alpha value is -6.38. The van der Waals surface area contributed by atoms with Crippen molar-refractivity contribution in [2.24, 2.45) is 0 Å². The van der Waals surface area contributed by atoms with E-state index in [9.17, 15) is 0 Å². The highest BCUT2D eigenvalue weighted by atomic mass is 14.9. The van der Waals surface area contributed by atoms with E-state index in [2.05, 4.69) is 179 Å². The molecule has 0 atom stereocenters. The fourth-order valence-corrected chi connectivity index (χ4v) is 6.98. The Labute approximate surface area is 307 Å². The summed E-state index contributed by atoms with van der Waals surface area (Å²) in [6, 6.07) is 61.1. The second-order valence-electron chi connectivity index (χ2n) is 13.9. The fourth-order valence-electron chi connectivity index (χ4n) is 6.98. The quantitative estimate of drug-likeness (QED) is 0.169. The summed E-state index contributed by atoms with van der Waals surface area (Å²) in [4.78, 5) is 10.6. The number of hydrogen-bond donors (Lipinski definition) is 0. The molecule has 0 spiro atoms. The van der Waals surface area contributed by atoms with Gasteiger partial charge >= 0.3 is 0 Å². The summed E-state index contributed by atoms with van der Waals surface area (Å²) in [6.45, 7) is 8.59. The average molecular weight is 669 g/mol. The lowest BCUT2D eigenvalue weighted by Gasteiger charge is -2.15. The summed E-state index contributed by atoms with van der Waals surface area (Å²) in [5.74, 6) is 0.698. The molecular weight excluding hydrogens is 629 g/mol. The summed E-state index contributed by atoms with van der Waals surface area (Å²) in [7, 11) is 0. The van der Waals surface area contributed by atoms with Crippen LogP contribution in [0.1, 0.15) is 22.3 Å². The van der Waals surface area contributed by atoms with Crippen LogP contribution in [0, 0.1) is 27.7 Å². The molecule has 2 heteroatoms. The van der Waals surface area contributed by atoms with Gasteiger partial charge in [0.15, 0.2) is 5.82 Å². The smallest absolute Gasteiger partial charge is 0.160 e. The minimum absolute atomic E-state index is 0.698. The second-order valence-corrected chi connectivity index (χ2v) is 13.9. The standard InChI is InChI=1S/C50H40N2/c1-33-12-8-18-38(22-33)42-26-43(39-19-9-13-34(2)23-39)29-46(28-42)48-32-49(52-50(51-48)37-16-6-5-7-17-37)47-30-44(40-20-10-14-35(3)24-40)27-45(31-47)41-21-11-15-36(4)25-41/h5-32H,1-4H3. The number of hydrogen-bond acceptors (Lipinski definition) is 2. The molecule has 0 aliphatic carbocycles. The minimum atomic E-state index is 0.698. The third-order valence-corrected chi connectivity index (χ3v) is 9.62. The zero-order valence-electron chi connectivity index (χ0n) is 30.1. The maximum Gasteiger partial charge on any atom is 0.160 e. The van der Waals surface area contributed by atoms with Crippen molar-refractivity contribution in [1.29, 1.82) is 0 Å². The van der Waals surface area contributed by atoms with Gasteiger partial charge in [0.2, 0.25) is 0 Å². The van der Waals surface area contributed by atoms with Gasteiger partial charge in [0.05, 0.1) is 11.4 Å². The fraction of sp³-hybridized carbons (Fsp3) is 0.0800. The molecule has 0 amide bonds. The summed E-state index contributed by atoms with van der Waals surface area (Å²) < 4.78 is 0. The van der Waals surface area contributed by atoms with Crippen LogP contribution in [0.25, 0.3) is 78.4 Å². The Kier molecular flexibility index (Phi) is 8.89. The largest absolute Gasteiger partial charge is 0.228 e. The summed E-state index contributed by atoms with van der Waals surface area (Å²) in [6.07, 6.45) is 0. The number of rotatable bonds is 7. The molecule has 8 aromatic rings. The molecule has 1 heterocycles. The van der Waals surface area contributed by atoms with E-state index >= 15 is 0 Å². The highest BCUT2D eigenvalue weighted by Gasteiger charge is 2.16. The Morgan fingerprint density at radius 2 is 0.558 bits per heavy atom. The van der Waals surface area contributed by atoms with Crippen LogP contribution in [0.3, 0.4) is 0 Å². The maximum atomic E-state index is 5.28. The zero-order chi connectivity index (χ0) is 35.6. The van der Waals surface area contributed by atoms with Crippen molar-refractivity contribution < 1.29 is 0 Å². The molecule has 0 fully saturated rings. The second kappa shape index (κ2) is 14.1. The molecule has 0 aliphatic heterocycles. The Morgan fingerprint density at radius 3 is 0.885 bits per heavy atom. The first-order chi connectivity index (χ1) is 25.3. The van der Waals surface area contributed by atoms with Crippen LogP contribution in [0.2, 0.25) is 0 Å². The van der Waals surface area contributed by atoms with Crippen molar-refractivity contribution in [2.45, 2.75) is 27.7 Å². The molecule has 0 aliphatic rings. The van der Waals surface area contributed by atoms with Crippen molar-refractivity contribution in [3.63, 3.8) is 0 Å². The van der Waals surface area contributed by atoms with Gasteiger partial charge in [-0.05, 0) is 115 Å². The molecule has 7 aromatic carbocycles. The van der Waals surface area contributed by atoms with Crippen LogP contribution in [-0.4, -0.2) is 9.97 Å². The van der Waals surface area contributed by atoms with E-state index in [0.29, 0.717) is 5.82 Å². The van der Waals surface area contributed by atoms with Gasteiger partial charge < -0.3 is 0 Å². The Bertz CT molecular complexity index is 2280. The van der Waals surface area contributed by atoms with Crippen LogP contribution in [0.4, 0.5) is 0 Å². The number of aryl methyl sites for hydroxylation is 4. The molecule has 2 nitrogen and oxygen atoms in total. The van der Waals surface area contributed by atoms with E-state index in [1.165, 1.54) is 44.5 Å². The highest BCUT2D eigenvalue weighted by Crippen LogP contribution is 2.37. The molecule has 0 bridgehead atoms. The topological polar surface area (TPSA) is 25.8 Å². The first-order valence-electron chi connectivity index (χ1n) is 17.9. The first kappa shape index (κ1) is 32.8. The Balaban J connectivity index is 1.37. The van der Waals surface area contributed by atoms with E-state index in [0.717, 1.165) is 50.3 Å². The van der Waals surface area contributed by atoms with Crippen molar-refractivity contribution in [2.75, 3.05) is 0 Å². The monoisotopic (exact) mass is 668 g/mol. The molecule has 0 unspecified atom stereocenters. The Morgan fingerprint density at radius 1 is 0.250 bits per heavy atom. The van der Waals surface area contributed by atoms with Gasteiger partial charge in [-0.1, -0.05) is 150 Å². The van der Waals surface area contributed by atoms with Crippen molar-refractivity contribution >= 4 is 0 Å². The van der Waals surface area contributed by atoms with Gasteiger partial charge in [0.25, 0.3) is 0 Å². The van der Waals surface area contributed by atoms with Gasteiger partial charge in [0.1, 0.15) is 0 Å². The van der Waals surface area contributed by atoms with E-state index in [4.69, 9.17) is 9.97 Å². The first-order valence-corrected chi connectivity index (χ1v) is 17.9. The van der Waals surface area contributed by atoms with E-state index < -0.39 is 0 Å². The van der Waals surface area contributed by atoms with Crippen LogP contribution in [-0.2, 0) is 0 Å². The summed E-state index contributed by atoms with van der Waals surface area (Å²) in [5.41, 5.74) is 19.1. The molecule has 0 radical (unpaired) electrons. The third-order valence-electron chi connectivity index (χ3n) is 9.62. The van der Waals surface area contributed by atoms with Crippen LogP contribution >= 0.6 is 0 Å². The lowest BCUT2D eigenvalue weighted by atomic mass is 9.92. The van der Waals surface area contributed by atoms with Crippen molar-refractivity contribution in [1.82, 2.24) is 9.97 Å². The van der Waals surface area contributed by atoms with Gasteiger partial charge in [-0.15, -0.1) is 0 Å². The van der Waals surface area contributed by atoms with Gasteiger partial charge in [-0.3, -0.25) is 0 Å². The van der Waals surface area contributed by atoms with Gasteiger partial charge in [0, 0.05) is 16.7 Å². The van der Waals surface area contributed by atoms with E-state index in [1.54, 1.807) is 0 Å². The predicted molar refractivity (Wildman–Crippen MR) is 219 cm³/mol. The zero-order valence-corrected chi connectivity index (χ0v) is 30.1. The van der Waals surface area contributed by atoms with E-state index in [-0.39, 0.29) is 0 Å². The van der Waals surface area contributed by atoms with Crippen LogP contribution in [0.5, 0.6) is 0 Å². The van der Waals surface area contributed by atoms with Crippen LogP contribution in [0.15, 0.2) is 170 Å². The minimum Gasteiger partial charge on any atom is -0.228 e. The van der Waals surface area contributed by atoms with Crippen molar-refractivity contribution in [3.8, 4) is 78.4 Å². The summed E-state index contributed by atoms with van der Waals surface area (Å²) in [5, 5.41) is 0. The number of aromatic nitrogens is 2. The summed E-state index contributed by atoms with van der Waals surface area (Å²) >= 11 is 0. The predicted octanol–water partition coefficient (Wildman–Crippen LogP) is 13.4. The van der Waals surface area contributed by atoms with Gasteiger partial charge in [-0.25, -0.2) is 9.97 Å². The SMILES string of the molecule is Cc1cccc(-c2cc(-c3cccc(C)c3)cc(-c3cc(-c4cc(-c5cccc(C)c5)cc(-c5cccc(C)c5)c4)nc(-c4ccccc4)n3)c2)c1. The lowest BCUT2D eigenvalue weighted by Crippen LogP contribution is -1.97. The molecule has 1 aromatic heterocycles. The lowest BCUT2D eigenvalue weighted by molar-refractivity contribution is 1.18. The molecule has 250 valence electrons. The van der Waals surface area contributed by atoms with Crippen molar-refractivity contribution in [3.05, 3.63) is 192 Å².